The average Bonchev–Trinajstić information content (AvgIpc) is 2.79. The summed E-state index contributed by atoms with van der Waals surface area (Å²) < 4.78 is 14.7. The molecule has 0 amide bonds. The summed E-state index contributed by atoms with van der Waals surface area (Å²) in [5.74, 6) is 0.454. The third kappa shape index (κ3) is 2.56. The van der Waals surface area contributed by atoms with E-state index in [1.54, 1.807) is 16.8 Å². The first-order valence-electron chi connectivity index (χ1n) is 4.20. The lowest BCUT2D eigenvalue weighted by atomic mass is 10.3. The van der Waals surface area contributed by atoms with E-state index >= 15 is 0 Å². The summed E-state index contributed by atoms with van der Waals surface area (Å²) >= 11 is 0. The molecule has 1 aromatic rings. The smallest absolute Gasteiger partial charge is 0.361 e. The van der Waals surface area contributed by atoms with Crippen LogP contribution in [0.1, 0.15) is 12.8 Å². The Morgan fingerprint density at radius 2 is 2.23 bits per heavy atom. The van der Waals surface area contributed by atoms with Gasteiger partial charge in [-0.05, 0) is 12.8 Å². The van der Waals surface area contributed by atoms with Crippen molar-refractivity contribution in [2.45, 2.75) is 19.4 Å². The van der Waals surface area contributed by atoms with E-state index in [4.69, 9.17) is 5.73 Å². The molecule has 0 unspecified atom stereocenters. The van der Waals surface area contributed by atoms with Crippen molar-refractivity contribution < 1.29 is 21.4 Å². The molecule has 0 aliphatic heterocycles. The van der Waals surface area contributed by atoms with Gasteiger partial charge >= 0.3 is 5.95 Å². The van der Waals surface area contributed by atoms with Crippen molar-refractivity contribution in [3.05, 3.63) is 24.3 Å². The summed E-state index contributed by atoms with van der Waals surface area (Å²) in [5, 5.41) is 0. The normalized spacial score (nSPS) is 15.2. The minimum Gasteiger partial charge on any atom is -1.00 e. The molecule has 0 aromatic carbocycles. The molecule has 2 N–H and O–H groups in total. The van der Waals surface area contributed by atoms with Gasteiger partial charge in [0.25, 0.3) is 0 Å². The number of hydrogen-bond donors (Lipinski definition) is 1. The van der Waals surface area contributed by atoms with Crippen LogP contribution in [0.4, 0.5) is 10.1 Å². The van der Waals surface area contributed by atoms with Gasteiger partial charge in [-0.1, -0.05) is 0 Å². The molecule has 1 saturated carbocycles. The van der Waals surface area contributed by atoms with Crippen molar-refractivity contribution in [3.8, 4) is 0 Å². The van der Waals surface area contributed by atoms with Crippen LogP contribution < -0.4 is 22.7 Å². The van der Waals surface area contributed by atoms with Crippen LogP contribution in [0, 0.1) is 11.9 Å². The molecule has 1 aliphatic carbocycles. The quantitative estimate of drug-likeness (QED) is 0.441. The molecule has 0 radical (unpaired) electrons. The van der Waals surface area contributed by atoms with Crippen molar-refractivity contribution in [2.75, 3.05) is 5.73 Å². The van der Waals surface area contributed by atoms with E-state index in [0.717, 1.165) is 6.54 Å². The highest BCUT2D eigenvalue weighted by Gasteiger charge is 2.27. The van der Waals surface area contributed by atoms with Gasteiger partial charge in [0.15, 0.2) is 12.7 Å². The SMILES string of the molecule is Nc1cc[n+](CC2CC2)c(F)c1.[Cl-]. The molecular formula is C9H12ClFN2. The zero-order valence-corrected chi connectivity index (χ0v) is 7.97. The minimum absolute atomic E-state index is 0. The molecule has 1 fully saturated rings. The fourth-order valence-corrected chi connectivity index (χ4v) is 1.24. The van der Waals surface area contributed by atoms with Gasteiger partial charge in [-0.2, -0.15) is 4.57 Å². The number of nitrogens with two attached hydrogens (primary N) is 1. The predicted molar refractivity (Wildman–Crippen MR) is 43.7 cm³/mol. The van der Waals surface area contributed by atoms with E-state index < -0.39 is 0 Å². The van der Waals surface area contributed by atoms with E-state index in [1.165, 1.54) is 18.9 Å². The average molecular weight is 203 g/mol. The first-order valence-corrected chi connectivity index (χ1v) is 4.20. The molecule has 1 heterocycles. The molecule has 0 bridgehead atoms. The van der Waals surface area contributed by atoms with E-state index in [9.17, 15) is 4.39 Å². The van der Waals surface area contributed by atoms with E-state index in [-0.39, 0.29) is 18.4 Å². The van der Waals surface area contributed by atoms with Crippen molar-refractivity contribution >= 4 is 5.69 Å². The van der Waals surface area contributed by atoms with Gasteiger partial charge in [0, 0.05) is 17.7 Å². The highest BCUT2D eigenvalue weighted by Crippen LogP contribution is 2.28. The second kappa shape index (κ2) is 3.92. The van der Waals surface area contributed by atoms with Gasteiger partial charge in [-0.15, -0.1) is 4.39 Å². The summed E-state index contributed by atoms with van der Waals surface area (Å²) in [7, 11) is 0. The molecule has 1 aliphatic rings. The van der Waals surface area contributed by atoms with E-state index in [0.29, 0.717) is 11.6 Å². The molecule has 2 rings (SSSR count). The summed E-state index contributed by atoms with van der Waals surface area (Å²) in [6.07, 6.45) is 4.18. The molecule has 13 heavy (non-hydrogen) atoms. The van der Waals surface area contributed by atoms with Gasteiger partial charge in [-0.25, -0.2) is 0 Å². The number of pyridine rings is 1. The Bertz CT molecular complexity index is 300. The van der Waals surface area contributed by atoms with Crippen molar-refractivity contribution in [1.29, 1.82) is 0 Å². The van der Waals surface area contributed by atoms with Gasteiger partial charge in [0.2, 0.25) is 0 Å². The maximum atomic E-state index is 13.1. The van der Waals surface area contributed by atoms with E-state index in [1.807, 2.05) is 0 Å². The largest absolute Gasteiger partial charge is 1.00 e. The first-order chi connectivity index (χ1) is 5.75. The van der Waals surface area contributed by atoms with Crippen LogP contribution >= 0.6 is 0 Å². The molecule has 1 aromatic heterocycles. The number of nitrogen functional groups attached to an aromatic ring is 1. The van der Waals surface area contributed by atoms with Crippen molar-refractivity contribution in [1.82, 2.24) is 0 Å². The third-order valence-corrected chi connectivity index (χ3v) is 2.16. The van der Waals surface area contributed by atoms with Crippen LogP contribution in [0.5, 0.6) is 0 Å². The number of hydrogen-bond acceptors (Lipinski definition) is 1. The Kier molecular flexibility index (Phi) is 3.09. The number of anilines is 1. The van der Waals surface area contributed by atoms with Crippen LogP contribution in [-0.2, 0) is 6.54 Å². The summed E-state index contributed by atoms with van der Waals surface area (Å²) in [5.41, 5.74) is 5.91. The maximum Gasteiger partial charge on any atom is 0.361 e. The van der Waals surface area contributed by atoms with Crippen molar-refractivity contribution in [2.24, 2.45) is 5.92 Å². The van der Waals surface area contributed by atoms with Gasteiger partial charge < -0.3 is 18.1 Å². The number of aromatic nitrogens is 1. The van der Waals surface area contributed by atoms with Crippen LogP contribution in [0.3, 0.4) is 0 Å². The predicted octanol–water partition coefficient (Wildman–Crippen LogP) is -1.89. The summed E-state index contributed by atoms with van der Waals surface area (Å²) in [4.78, 5) is 0. The number of halogens is 2. The standard InChI is InChI=1S/C9H11FN2.ClH/c10-9-5-8(11)3-4-12(9)6-7-1-2-7;/h3-5,7,11H,1-2,6H2;1H. The molecule has 72 valence electrons. The van der Waals surface area contributed by atoms with E-state index in [2.05, 4.69) is 0 Å². The Morgan fingerprint density at radius 1 is 1.54 bits per heavy atom. The molecule has 0 saturated heterocycles. The monoisotopic (exact) mass is 202 g/mol. The molecule has 0 atom stereocenters. The number of rotatable bonds is 2. The fraction of sp³-hybridized carbons (Fsp3) is 0.444. The zero-order chi connectivity index (χ0) is 8.55. The maximum absolute atomic E-state index is 13.1. The molecule has 4 heteroatoms. The molecule has 2 nitrogen and oxygen atoms in total. The van der Waals surface area contributed by atoms with Gasteiger partial charge in [-0.3, -0.25) is 0 Å². The highest BCUT2D eigenvalue weighted by atomic mass is 35.5. The second-order valence-corrected chi connectivity index (χ2v) is 3.38. The first kappa shape index (κ1) is 10.3. The lowest BCUT2D eigenvalue weighted by Crippen LogP contribution is -3.00. The molecular weight excluding hydrogens is 191 g/mol. The van der Waals surface area contributed by atoms with Crippen LogP contribution in [-0.4, -0.2) is 0 Å². The Hall–Kier alpha value is -0.830. The number of nitrogens with zero attached hydrogens (tertiary/aromatic N) is 1. The second-order valence-electron chi connectivity index (χ2n) is 3.38. The summed E-state index contributed by atoms with van der Waals surface area (Å²) in [6, 6.07) is 3.09. The molecule has 0 spiro atoms. The van der Waals surface area contributed by atoms with Gasteiger partial charge in [0.1, 0.15) is 0 Å². The Labute approximate surface area is 83.0 Å². The zero-order valence-electron chi connectivity index (χ0n) is 7.21. The van der Waals surface area contributed by atoms with Crippen LogP contribution in [0.2, 0.25) is 0 Å². The Balaban J connectivity index is 0.000000845. The third-order valence-electron chi connectivity index (χ3n) is 2.16. The Morgan fingerprint density at radius 3 is 2.77 bits per heavy atom. The topological polar surface area (TPSA) is 29.9 Å². The fourth-order valence-electron chi connectivity index (χ4n) is 1.24. The highest BCUT2D eigenvalue weighted by molar-refractivity contribution is 5.32. The lowest BCUT2D eigenvalue weighted by Gasteiger charge is -1.96. The summed E-state index contributed by atoms with van der Waals surface area (Å²) in [6.45, 7) is 0.798. The van der Waals surface area contributed by atoms with Gasteiger partial charge in [0.05, 0.1) is 6.07 Å². The van der Waals surface area contributed by atoms with Crippen molar-refractivity contribution in [3.63, 3.8) is 0 Å². The minimum atomic E-state index is -0.234. The van der Waals surface area contributed by atoms with Crippen LogP contribution in [0.15, 0.2) is 18.3 Å². The lowest BCUT2D eigenvalue weighted by molar-refractivity contribution is -0.726. The van der Waals surface area contributed by atoms with Crippen LogP contribution in [0.25, 0.3) is 0 Å².